The van der Waals surface area contributed by atoms with Crippen LogP contribution in [0.3, 0.4) is 0 Å². The van der Waals surface area contributed by atoms with Crippen molar-refractivity contribution < 1.29 is 0 Å². The molecule has 1 fully saturated rings. The fourth-order valence-electron chi connectivity index (χ4n) is 2.90. The van der Waals surface area contributed by atoms with E-state index in [1.54, 1.807) is 18.4 Å². The summed E-state index contributed by atoms with van der Waals surface area (Å²) in [5.74, 6) is 1.90. The van der Waals surface area contributed by atoms with E-state index in [2.05, 4.69) is 49.6 Å². The molecule has 0 amide bonds. The lowest BCUT2D eigenvalue weighted by molar-refractivity contribution is 0.790. The molecular formula is C18H27IN6S. The van der Waals surface area contributed by atoms with E-state index in [4.69, 9.17) is 0 Å². The predicted molar refractivity (Wildman–Crippen MR) is 120 cm³/mol. The second-order valence-corrected chi connectivity index (χ2v) is 7.50. The highest BCUT2D eigenvalue weighted by Crippen LogP contribution is 2.18. The summed E-state index contributed by atoms with van der Waals surface area (Å²) in [4.78, 5) is 16.8. The van der Waals surface area contributed by atoms with Gasteiger partial charge in [0.05, 0.1) is 5.01 Å². The summed E-state index contributed by atoms with van der Waals surface area (Å²) >= 11 is 1.75. The first-order valence-electron chi connectivity index (χ1n) is 8.80. The molecule has 0 aromatic carbocycles. The number of halogens is 1. The molecule has 0 bridgehead atoms. The third-order valence-corrected chi connectivity index (χ3v) is 5.20. The third-order valence-electron chi connectivity index (χ3n) is 4.22. The molecule has 0 atom stereocenters. The average molecular weight is 486 g/mol. The van der Waals surface area contributed by atoms with Gasteiger partial charge in [0.2, 0.25) is 0 Å². The number of thiazole rings is 1. The molecule has 1 saturated heterocycles. The summed E-state index contributed by atoms with van der Waals surface area (Å²) in [6.45, 7) is 5.87. The average Bonchev–Trinajstić information content (AvgIpc) is 3.30. The summed E-state index contributed by atoms with van der Waals surface area (Å²) in [6, 6.07) is 4.22. The van der Waals surface area contributed by atoms with Crippen LogP contribution in [0.2, 0.25) is 0 Å². The van der Waals surface area contributed by atoms with E-state index >= 15 is 0 Å². The lowest BCUT2D eigenvalue weighted by atomic mass is 10.2. The second kappa shape index (κ2) is 10.7. The monoisotopic (exact) mass is 486 g/mol. The van der Waals surface area contributed by atoms with Gasteiger partial charge < -0.3 is 15.5 Å². The van der Waals surface area contributed by atoms with E-state index in [9.17, 15) is 0 Å². The van der Waals surface area contributed by atoms with Gasteiger partial charge in [-0.25, -0.2) is 9.97 Å². The number of aromatic nitrogens is 2. The van der Waals surface area contributed by atoms with Crippen molar-refractivity contribution in [1.82, 2.24) is 20.6 Å². The number of nitrogens with zero attached hydrogens (tertiary/aromatic N) is 4. The largest absolute Gasteiger partial charge is 0.357 e. The van der Waals surface area contributed by atoms with E-state index in [1.165, 1.54) is 23.3 Å². The molecule has 26 heavy (non-hydrogen) atoms. The van der Waals surface area contributed by atoms with Crippen LogP contribution >= 0.6 is 35.3 Å². The molecule has 0 aliphatic carbocycles. The van der Waals surface area contributed by atoms with E-state index < -0.39 is 0 Å². The molecular weight excluding hydrogens is 459 g/mol. The molecule has 2 aromatic rings. The van der Waals surface area contributed by atoms with Gasteiger partial charge in [-0.15, -0.1) is 35.3 Å². The maximum absolute atomic E-state index is 4.50. The molecule has 3 rings (SSSR count). The minimum atomic E-state index is 0. The number of aliphatic imine (C=N–C) groups is 1. The molecule has 0 unspecified atom stereocenters. The van der Waals surface area contributed by atoms with Gasteiger partial charge in [0.25, 0.3) is 0 Å². The maximum atomic E-state index is 4.50. The molecule has 2 N–H and O–H groups in total. The quantitative estimate of drug-likeness (QED) is 0.374. The van der Waals surface area contributed by atoms with Gasteiger partial charge in [0.1, 0.15) is 5.82 Å². The normalized spacial score (nSPS) is 14.2. The Morgan fingerprint density at radius 2 is 2.08 bits per heavy atom. The number of guanidine groups is 1. The Morgan fingerprint density at radius 1 is 1.27 bits per heavy atom. The first-order valence-corrected chi connectivity index (χ1v) is 9.62. The smallest absolute Gasteiger partial charge is 0.191 e. The molecule has 2 aromatic heterocycles. The fourth-order valence-corrected chi connectivity index (χ4v) is 3.69. The molecule has 0 radical (unpaired) electrons. The van der Waals surface area contributed by atoms with Crippen molar-refractivity contribution in [2.45, 2.75) is 32.7 Å². The zero-order valence-electron chi connectivity index (χ0n) is 15.4. The van der Waals surface area contributed by atoms with Crippen molar-refractivity contribution in [2.24, 2.45) is 4.99 Å². The summed E-state index contributed by atoms with van der Waals surface area (Å²) in [5, 5.41) is 7.87. The number of rotatable bonds is 6. The molecule has 142 valence electrons. The number of hydrogen-bond acceptors (Lipinski definition) is 5. The van der Waals surface area contributed by atoms with Crippen LogP contribution in [0.4, 0.5) is 5.82 Å². The predicted octanol–water partition coefficient (Wildman–Crippen LogP) is 2.97. The van der Waals surface area contributed by atoms with Crippen molar-refractivity contribution in [3.63, 3.8) is 0 Å². The lowest BCUT2D eigenvalue weighted by Gasteiger charge is -2.17. The van der Waals surface area contributed by atoms with Crippen LogP contribution in [-0.4, -0.2) is 42.6 Å². The molecule has 0 spiro atoms. The highest BCUT2D eigenvalue weighted by molar-refractivity contribution is 14.0. The number of nitrogens with one attached hydrogen (secondary N) is 2. The molecule has 3 heterocycles. The van der Waals surface area contributed by atoms with Crippen LogP contribution < -0.4 is 15.5 Å². The molecule has 1 aliphatic heterocycles. The van der Waals surface area contributed by atoms with Gasteiger partial charge in [-0.3, -0.25) is 4.99 Å². The molecule has 6 nitrogen and oxygen atoms in total. The van der Waals surface area contributed by atoms with E-state index in [-0.39, 0.29) is 24.0 Å². The summed E-state index contributed by atoms with van der Waals surface area (Å²) in [6.07, 6.45) is 7.26. The topological polar surface area (TPSA) is 65.4 Å². The number of hydrogen-bond donors (Lipinski definition) is 2. The van der Waals surface area contributed by atoms with E-state index in [0.29, 0.717) is 0 Å². The van der Waals surface area contributed by atoms with Crippen LogP contribution in [0.5, 0.6) is 0 Å². The SMILES string of the molecule is CN=C(NCCc1ncc(C)s1)NCc1ccnc(N2CCCC2)c1.I. The Balaban J connectivity index is 0.00000243. The van der Waals surface area contributed by atoms with Gasteiger partial charge in [-0.05, 0) is 37.5 Å². The highest BCUT2D eigenvalue weighted by atomic mass is 127. The summed E-state index contributed by atoms with van der Waals surface area (Å²) < 4.78 is 0. The zero-order chi connectivity index (χ0) is 17.5. The summed E-state index contributed by atoms with van der Waals surface area (Å²) in [7, 11) is 1.80. The van der Waals surface area contributed by atoms with Crippen molar-refractivity contribution in [2.75, 3.05) is 31.6 Å². The van der Waals surface area contributed by atoms with Crippen LogP contribution in [0.15, 0.2) is 29.5 Å². The molecule has 8 heteroatoms. The number of pyridine rings is 1. The Kier molecular flexibility index (Phi) is 8.56. The van der Waals surface area contributed by atoms with Gasteiger partial charge in [0.15, 0.2) is 5.96 Å². The zero-order valence-corrected chi connectivity index (χ0v) is 18.5. The first-order chi connectivity index (χ1) is 12.2. The number of aryl methyl sites for hydroxylation is 1. The summed E-state index contributed by atoms with van der Waals surface area (Å²) in [5.41, 5.74) is 1.22. The Labute approximate surface area is 176 Å². The van der Waals surface area contributed by atoms with Crippen LogP contribution in [-0.2, 0) is 13.0 Å². The molecule has 0 saturated carbocycles. The first kappa shape index (κ1) is 20.9. The Bertz CT molecular complexity index is 711. The van der Waals surface area contributed by atoms with Crippen molar-refractivity contribution >= 4 is 47.1 Å². The maximum Gasteiger partial charge on any atom is 0.191 e. The Morgan fingerprint density at radius 3 is 2.77 bits per heavy atom. The van der Waals surface area contributed by atoms with Crippen molar-refractivity contribution in [3.05, 3.63) is 40.0 Å². The van der Waals surface area contributed by atoms with E-state index in [0.717, 1.165) is 49.4 Å². The lowest BCUT2D eigenvalue weighted by Crippen LogP contribution is -2.37. The Hall–Kier alpha value is -1.42. The minimum absolute atomic E-state index is 0. The van der Waals surface area contributed by atoms with E-state index in [1.807, 2.05) is 12.4 Å². The van der Waals surface area contributed by atoms with Gasteiger partial charge in [-0.1, -0.05) is 0 Å². The third kappa shape index (κ3) is 6.08. The molecule has 1 aliphatic rings. The second-order valence-electron chi connectivity index (χ2n) is 6.18. The number of anilines is 1. The van der Waals surface area contributed by atoms with Gasteiger partial charge >= 0.3 is 0 Å². The fraction of sp³-hybridized carbons (Fsp3) is 0.500. The van der Waals surface area contributed by atoms with Gasteiger partial charge in [-0.2, -0.15) is 0 Å². The highest BCUT2D eigenvalue weighted by Gasteiger charge is 2.13. The van der Waals surface area contributed by atoms with Crippen LogP contribution in [0, 0.1) is 6.92 Å². The van der Waals surface area contributed by atoms with Crippen molar-refractivity contribution in [1.29, 1.82) is 0 Å². The standard InChI is InChI=1S/C18H26N6S.HI/c1-14-12-22-17(25-14)6-8-21-18(19-2)23-13-15-5-7-20-16(11-15)24-9-3-4-10-24;/h5,7,11-12H,3-4,6,8-10,13H2,1-2H3,(H2,19,21,23);1H. The van der Waals surface area contributed by atoms with Gasteiger partial charge in [0, 0.05) is 56.9 Å². The van der Waals surface area contributed by atoms with Crippen LogP contribution in [0.25, 0.3) is 0 Å². The van der Waals surface area contributed by atoms with Crippen LogP contribution in [0.1, 0.15) is 28.3 Å². The van der Waals surface area contributed by atoms with Crippen molar-refractivity contribution in [3.8, 4) is 0 Å². The minimum Gasteiger partial charge on any atom is -0.357 e.